The molecule has 0 rings (SSSR count). The van der Waals surface area contributed by atoms with Crippen LogP contribution in [0.3, 0.4) is 0 Å². The summed E-state index contributed by atoms with van der Waals surface area (Å²) in [6.45, 7) is 42.8. The molecule has 0 unspecified atom stereocenters. The van der Waals surface area contributed by atoms with E-state index >= 15 is 0 Å². The fourth-order valence-electron chi connectivity index (χ4n) is 0.750. The van der Waals surface area contributed by atoms with Gasteiger partial charge in [0.2, 0.25) is 0 Å². The predicted octanol–water partition coefficient (Wildman–Crippen LogP) is -0.555. The molecular formula is C15H24Fe2NO7S+. The fourth-order valence-corrected chi connectivity index (χ4v) is 0.750. The van der Waals surface area contributed by atoms with E-state index in [-0.39, 0.29) is 34.1 Å². The Morgan fingerprint density at radius 2 is 0.692 bits per heavy atom. The largest absolute Gasteiger partial charge is 0.545 e. The molecular weight excluding hydrogens is 450 g/mol. The van der Waals surface area contributed by atoms with Gasteiger partial charge in [0, 0.05) is 34.1 Å². The molecule has 0 spiro atoms. The third-order valence-electron chi connectivity index (χ3n) is 1.50. The van der Waals surface area contributed by atoms with Crippen molar-refractivity contribution in [1.82, 2.24) is 0 Å². The number of nitrogens with one attached hydrogen (secondary N) is 1. The van der Waals surface area contributed by atoms with Gasteiger partial charge in [0.25, 0.3) is 0 Å². The van der Waals surface area contributed by atoms with E-state index in [0.717, 1.165) is 5.75 Å². The topological polar surface area (TPSA) is 141 Å². The van der Waals surface area contributed by atoms with Crippen molar-refractivity contribution in [3.8, 4) is 0 Å². The first-order valence-electron chi connectivity index (χ1n) is 5.70. The molecule has 26 heavy (non-hydrogen) atoms. The maximum atomic E-state index is 7.75. The van der Waals surface area contributed by atoms with Crippen LogP contribution in [0.4, 0.5) is 0 Å². The van der Waals surface area contributed by atoms with E-state index in [4.69, 9.17) is 32.7 Å². The molecule has 0 aliphatic rings. The second-order valence-corrected chi connectivity index (χ2v) is 2.87. The summed E-state index contributed by atoms with van der Waals surface area (Å²) in [5, 5.41) is 0. The van der Waals surface area contributed by atoms with Gasteiger partial charge in [0.1, 0.15) is 5.75 Å². The van der Waals surface area contributed by atoms with Crippen LogP contribution < -0.4 is 4.90 Å². The van der Waals surface area contributed by atoms with Gasteiger partial charge in [-0.1, -0.05) is 0 Å². The van der Waals surface area contributed by atoms with Crippen molar-refractivity contribution in [3.63, 3.8) is 0 Å². The second-order valence-electron chi connectivity index (χ2n) is 2.16. The van der Waals surface area contributed by atoms with E-state index in [0.29, 0.717) is 0 Å². The minimum absolute atomic E-state index is 0. The Hall–Kier alpha value is -0.541. The van der Waals surface area contributed by atoms with Crippen LogP contribution in [0, 0.1) is 39.9 Å². The van der Waals surface area contributed by atoms with Crippen LogP contribution in [-0.2, 0) is 79.5 Å². The van der Waals surface area contributed by atoms with Gasteiger partial charge < -0.3 is 9.69 Å². The van der Waals surface area contributed by atoms with E-state index < -0.39 is 0 Å². The number of hydrogen-bond donors (Lipinski definition) is 1. The second kappa shape index (κ2) is 323. The first-order chi connectivity index (χ1) is 11.8. The van der Waals surface area contributed by atoms with Crippen molar-refractivity contribution >= 4 is 19.4 Å². The van der Waals surface area contributed by atoms with Gasteiger partial charge in [0.05, 0.1) is 19.6 Å². The minimum Gasteiger partial charge on any atom is -0.545 e. The molecule has 0 aromatic rings. The summed E-state index contributed by atoms with van der Waals surface area (Å²) in [6, 6.07) is 0. The van der Waals surface area contributed by atoms with Gasteiger partial charge >= 0.3 is 67.8 Å². The van der Waals surface area contributed by atoms with Gasteiger partial charge in [-0.2, -0.15) is 0 Å². The zero-order chi connectivity index (χ0) is 22.4. The van der Waals surface area contributed by atoms with Crippen LogP contribution in [-0.4, -0.2) is 32.2 Å². The molecule has 0 aliphatic carbocycles. The van der Waals surface area contributed by atoms with E-state index in [2.05, 4.69) is 80.1 Å². The molecule has 0 fully saturated rings. The number of hydrogen-bond acceptors (Lipinski definition) is 1. The summed E-state index contributed by atoms with van der Waals surface area (Å²) < 4.78 is 45.0. The van der Waals surface area contributed by atoms with Gasteiger partial charge in [0.15, 0.2) is 0 Å². The summed E-state index contributed by atoms with van der Waals surface area (Å²) in [4.78, 5) is 9.43. The van der Waals surface area contributed by atoms with Gasteiger partial charge in [-0.15, -0.1) is 0 Å². The molecule has 0 amide bonds. The molecule has 0 saturated heterocycles. The average molecular weight is 474 g/mol. The van der Waals surface area contributed by atoms with Crippen LogP contribution >= 0.6 is 0 Å². The molecule has 0 radical (unpaired) electrons. The first kappa shape index (κ1) is 72.9. The van der Waals surface area contributed by atoms with Crippen molar-refractivity contribution in [2.45, 2.75) is 27.7 Å². The molecule has 0 aromatic heterocycles. The third-order valence-corrected chi connectivity index (χ3v) is 1.50. The summed E-state index contributed by atoms with van der Waals surface area (Å²) in [7, 11) is 0. The van der Waals surface area contributed by atoms with Crippen molar-refractivity contribution in [1.29, 1.82) is 0 Å². The van der Waals surface area contributed by atoms with Crippen LogP contribution in [0.15, 0.2) is 0 Å². The first-order valence-corrected chi connectivity index (χ1v) is 6.41. The Balaban J connectivity index is -0.0000000116. The Morgan fingerprint density at radius 1 is 0.615 bits per heavy atom. The van der Waals surface area contributed by atoms with Crippen LogP contribution in [0.5, 0.6) is 0 Å². The molecule has 0 bridgehead atoms. The van der Waals surface area contributed by atoms with Crippen LogP contribution in [0.25, 0.3) is 0 Å². The Bertz CT molecular complexity index is 202. The molecule has 0 atom stereocenters. The molecule has 1 N–H and O–H groups in total. The van der Waals surface area contributed by atoms with E-state index in [1.54, 1.807) is 4.90 Å². The molecule has 152 valence electrons. The smallest absolute Gasteiger partial charge is 0 e. The average Bonchev–Trinajstić information content (AvgIpc) is 2.74. The number of rotatable bonds is 3. The van der Waals surface area contributed by atoms with Gasteiger partial charge in [-0.05, 0) is 40.3 Å². The summed E-state index contributed by atoms with van der Waals surface area (Å²) in [5.74, 6) is 1.06. The number of quaternary nitrogens is 1. The van der Waals surface area contributed by atoms with Gasteiger partial charge in [-0.25, -0.2) is 0 Å². The SMILES string of the molecule is CC[NH+](CC)CC.CC[SH2+].[C-]#[O+].[C-]#[O+].[C-]#[O+].[C-]#[O+].[C-]#[O+].[C-]#[O+].[CH-]=O.[Fe].[Fe]. The van der Waals surface area contributed by atoms with E-state index in [1.165, 1.54) is 19.6 Å². The Kier molecular flexibility index (Phi) is 904. The normalized spacial score (nSPS) is 4.08. The molecule has 0 aliphatic heterocycles. The fraction of sp³-hybridized carbons (Fsp3) is 0.533. The maximum Gasteiger partial charge on any atom is 0 e. The Morgan fingerprint density at radius 3 is 0.692 bits per heavy atom. The molecule has 0 heterocycles. The van der Waals surface area contributed by atoms with Crippen LogP contribution in [0.1, 0.15) is 27.7 Å². The monoisotopic (exact) mass is 474 g/mol. The summed E-state index contributed by atoms with van der Waals surface area (Å²) in [5.41, 5.74) is 0. The standard InChI is InChI=1S/C6H15N.C2H6S.CHO.6CO.2Fe/c1-4-7(5-2)6-3;1-2-3;7*1-2;;/h4-6H2,1-3H3;3H,2H2,1H3;1H;;;;;;;;/q;;-1;;;;;;;;/p+2. The van der Waals surface area contributed by atoms with E-state index in [9.17, 15) is 0 Å². The summed E-state index contributed by atoms with van der Waals surface area (Å²) in [6.07, 6.45) is 0. The molecule has 11 heteroatoms. The van der Waals surface area contributed by atoms with Crippen molar-refractivity contribution in [2.24, 2.45) is 0 Å². The summed E-state index contributed by atoms with van der Waals surface area (Å²) >= 11 is 3.18. The van der Waals surface area contributed by atoms with Gasteiger partial charge in [-0.3, -0.25) is 6.79 Å². The van der Waals surface area contributed by atoms with E-state index in [1.807, 2.05) is 6.92 Å². The minimum atomic E-state index is 0. The zero-order valence-corrected chi connectivity index (χ0v) is 18.2. The van der Waals surface area contributed by atoms with Crippen LogP contribution in [0.2, 0.25) is 0 Å². The third kappa shape index (κ3) is 397. The van der Waals surface area contributed by atoms with Crippen molar-refractivity contribution in [3.05, 3.63) is 39.9 Å². The molecule has 0 aromatic carbocycles. The van der Waals surface area contributed by atoms with Crippen molar-refractivity contribution in [2.75, 3.05) is 25.4 Å². The predicted molar refractivity (Wildman–Crippen MR) is 83.6 cm³/mol. The molecule has 8 nitrogen and oxygen atoms in total. The quantitative estimate of drug-likeness (QED) is 0.249. The molecule has 0 saturated carbocycles. The van der Waals surface area contributed by atoms with Crippen molar-refractivity contribution < 1.29 is 71.7 Å². The Labute approximate surface area is 183 Å². The maximum absolute atomic E-state index is 7.75. The number of carbonyl (C=O) groups excluding carboxylic acids is 1. The zero-order valence-electron chi connectivity index (χ0n) is 15.0.